The normalized spacial score (nSPS) is 12.0. The molecule has 5 aromatic rings. The minimum Gasteiger partial charge on any atom is -0.390 e. The summed E-state index contributed by atoms with van der Waals surface area (Å²) < 4.78 is 0. The Hall–Kier alpha value is -3.82. The van der Waals surface area contributed by atoms with E-state index in [2.05, 4.69) is 50.6 Å². The second-order valence-electron chi connectivity index (χ2n) is 9.32. The van der Waals surface area contributed by atoms with Crippen molar-refractivity contribution < 1.29 is 9.59 Å². The van der Waals surface area contributed by atoms with Crippen molar-refractivity contribution in [2.45, 2.75) is 45.1 Å². The van der Waals surface area contributed by atoms with Crippen molar-refractivity contribution in [3.8, 4) is 11.3 Å². The van der Waals surface area contributed by atoms with Gasteiger partial charge in [0.2, 0.25) is 0 Å². The van der Waals surface area contributed by atoms with Crippen LogP contribution in [0.3, 0.4) is 0 Å². The van der Waals surface area contributed by atoms with Crippen molar-refractivity contribution in [2.75, 3.05) is 5.73 Å². The standard InChI is InChI=1S/C29H29N5O2S2/c1-18-16-37-27(30)26(18)24(35)10-4-2-3-9-22(34-29(36)25-15-31-17-38-25)28-32-14-23(33-28)21-12-11-19-7-5-6-8-20(19)13-21/h5-8,11-17,22H,2-4,9-10,30H2,1H3,(H,32,33)(H,34,36)/t22-/m0/s1. The maximum absolute atomic E-state index is 12.8. The fraction of sp³-hybridized carbons (Fsp3) is 0.241. The Bertz CT molecular complexity index is 1530. The number of rotatable bonds is 11. The van der Waals surface area contributed by atoms with Crippen molar-refractivity contribution in [1.82, 2.24) is 20.3 Å². The number of aromatic nitrogens is 3. The Morgan fingerprint density at radius 2 is 1.89 bits per heavy atom. The molecule has 3 aromatic heterocycles. The molecule has 2 aromatic carbocycles. The second kappa shape index (κ2) is 11.7. The van der Waals surface area contributed by atoms with Gasteiger partial charge in [0.25, 0.3) is 5.91 Å². The van der Waals surface area contributed by atoms with E-state index in [0.717, 1.165) is 41.5 Å². The summed E-state index contributed by atoms with van der Waals surface area (Å²) in [5.41, 5.74) is 11.2. The lowest BCUT2D eigenvalue weighted by Crippen LogP contribution is -2.28. The summed E-state index contributed by atoms with van der Waals surface area (Å²) in [6.45, 7) is 1.92. The van der Waals surface area contributed by atoms with Crippen LogP contribution in [0.5, 0.6) is 0 Å². The fourth-order valence-corrected chi connectivity index (χ4v) is 5.95. The number of nitrogens with one attached hydrogen (secondary N) is 2. The van der Waals surface area contributed by atoms with Gasteiger partial charge in [-0.3, -0.25) is 14.6 Å². The summed E-state index contributed by atoms with van der Waals surface area (Å²) in [5, 5.41) is 7.98. The topological polar surface area (TPSA) is 114 Å². The van der Waals surface area contributed by atoms with E-state index >= 15 is 0 Å². The van der Waals surface area contributed by atoms with E-state index in [1.807, 2.05) is 30.6 Å². The van der Waals surface area contributed by atoms with Crippen LogP contribution in [0.4, 0.5) is 5.00 Å². The van der Waals surface area contributed by atoms with Crippen molar-refractivity contribution in [3.05, 3.63) is 87.6 Å². The van der Waals surface area contributed by atoms with Gasteiger partial charge in [0, 0.05) is 12.0 Å². The van der Waals surface area contributed by atoms with Gasteiger partial charge in [-0.25, -0.2) is 4.98 Å². The van der Waals surface area contributed by atoms with Gasteiger partial charge in [0.05, 0.1) is 40.2 Å². The molecule has 0 aliphatic heterocycles. The summed E-state index contributed by atoms with van der Waals surface area (Å²) in [6.07, 6.45) is 7.02. The molecule has 0 unspecified atom stereocenters. The number of carbonyl (C=O) groups is 2. The molecule has 1 atom stereocenters. The van der Waals surface area contributed by atoms with Gasteiger partial charge < -0.3 is 16.0 Å². The number of amides is 1. The highest BCUT2D eigenvalue weighted by atomic mass is 32.1. The Balaban J connectivity index is 1.25. The SMILES string of the molecule is Cc1csc(N)c1C(=O)CCCCC[C@H](NC(=O)c1cncs1)c1ncc(-c2ccc3ccccc3c2)[nH]1. The van der Waals surface area contributed by atoms with Crippen molar-refractivity contribution >= 4 is 50.1 Å². The van der Waals surface area contributed by atoms with Gasteiger partial charge in [0.15, 0.2) is 5.78 Å². The summed E-state index contributed by atoms with van der Waals surface area (Å²) in [6, 6.07) is 14.3. The molecule has 0 saturated carbocycles. The van der Waals surface area contributed by atoms with E-state index in [0.29, 0.717) is 34.1 Å². The quantitative estimate of drug-likeness (QED) is 0.123. The van der Waals surface area contributed by atoms with Crippen LogP contribution in [-0.2, 0) is 0 Å². The zero-order chi connectivity index (χ0) is 26.5. The third kappa shape index (κ3) is 5.84. The van der Waals surface area contributed by atoms with Gasteiger partial charge in [-0.15, -0.1) is 22.7 Å². The number of aromatic amines is 1. The van der Waals surface area contributed by atoms with Crippen molar-refractivity contribution in [3.63, 3.8) is 0 Å². The number of H-pyrrole nitrogens is 1. The molecule has 0 saturated heterocycles. The molecule has 0 aliphatic rings. The van der Waals surface area contributed by atoms with Gasteiger partial charge >= 0.3 is 0 Å². The molecular weight excluding hydrogens is 514 g/mol. The number of anilines is 1. The lowest BCUT2D eigenvalue weighted by atomic mass is 10.0. The molecule has 0 spiro atoms. The number of unbranched alkanes of at least 4 members (excludes halogenated alkanes) is 2. The first-order valence-corrected chi connectivity index (χ1v) is 14.4. The molecule has 4 N–H and O–H groups in total. The van der Waals surface area contributed by atoms with Crippen LogP contribution in [0.1, 0.15) is 69.6 Å². The van der Waals surface area contributed by atoms with Crippen LogP contribution < -0.4 is 11.1 Å². The molecule has 0 aliphatic carbocycles. The first-order chi connectivity index (χ1) is 18.5. The predicted octanol–water partition coefficient (Wildman–Crippen LogP) is 6.94. The van der Waals surface area contributed by atoms with Gasteiger partial charge in [-0.1, -0.05) is 49.2 Å². The minimum atomic E-state index is -0.288. The Labute approximate surface area is 229 Å². The highest BCUT2D eigenvalue weighted by Crippen LogP contribution is 2.28. The average Bonchev–Trinajstić information content (AvgIpc) is 3.69. The number of nitrogen functional groups attached to an aromatic ring is 1. The Morgan fingerprint density at radius 3 is 2.66 bits per heavy atom. The lowest BCUT2D eigenvalue weighted by Gasteiger charge is -2.16. The number of benzene rings is 2. The Kier molecular flexibility index (Phi) is 7.95. The zero-order valence-electron chi connectivity index (χ0n) is 21.1. The second-order valence-corrected chi connectivity index (χ2v) is 11.1. The molecule has 9 heteroatoms. The number of thiazole rings is 1. The maximum atomic E-state index is 12.8. The van der Waals surface area contributed by atoms with E-state index in [-0.39, 0.29) is 17.7 Å². The van der Waals surface area contributed by atoms with E-state index in [4.69, 9.17) is 5.73 Å². The first kappa shape index (κ1) is 25.8. The van der Waals surface area contributed by atoms with Crippen LogP contribution in [0.15, 0.2) is 65.7 Å². The number of nitrogens with two attached hydrogens (primary N) is 1. The molecule has 7 nitrogen and oxygen atoms in total. The van der Waals surface area contributed by atoms with E-state index < -0.39 is 0 Å². The zero-order valence-corrected chi connectivity index (χ0v) is 22.7. The molecule has 0 bridgehead atoms. The average molecular weight is 544 g/mol. The van der Waals surface area contributed by atoms with E-state index in [1.165, 1.54) is 28.1 Å². The summed E-state index contributed by atoms with van der Waals surface area (Å²) in [7, 11) is 0. The van der Waals surface area contributed by atoms with Crippen LogP contribution >= 0.6 is 22.7 Å². The van der Waals surface area contributed by atoms with Gasteiger partial charge in [0.1, 0.15) is 10.7 Å². The van der Waals surface area contributed by atoms with Gasteiger partial charge in [-0.05, 0) is 47.5 Å². The van der Waals surface area contributed by atoms with E-state index in [1.54, 1.807) is 11.7 Å². The summed E-state index contributed by atoms with van der Waals surface area (Å²) in [4.78, 5) is 38.1. The van der Waals surface area contributed by atoms with E-state index in [9.17, 15) is 9.59 Å². The number of ketones is 1. The molecule has 5 rings (SSSR count). The molecule has 1 amide bonds. The van der Waals surface area contributed by atoms with Crippen LogP contribution in [-0.4, -0.2) is 26.6 Å². The van der Waals surface area contributed by atoms with Crippen molar-refractivity contribution in [2.24, 2.45) is 0 Å². The fourth-order valence-electron chi connectivity index (χ4n) is 4.61. The number of aryl methyl sites for hydroxylation is 1. The first-order valence-electron chi connectivity index (χ1n) is 12.6. The molecule has 0 radical (unpaired) electrons. The molecule has 38 heavy (non-hydrogen) atoms. The molecular formula is C29H29N5O2S2. The Morgan fingerprint density at radius 1 is 1.05 bits per heavy atom. The lowest BCUT2D eigenvalue weighted by molar-refractivity contribution is 0.0935. The molecule has 194 valence electrons. The number of nitrogens with zero attached hydrogens (tertiary/aromatic N) is 2. The van der Waals surface area contributed by atoms with Crippen molar-refractivity contribution in [1.29, 1.82) is 0 Å². The van der Waals surface area contributed by atoms with Crippen LogP contribution in [0, 0.1) is 6.92 Å². The minimum absolute atomic E-state index is 0.0994. The molecule has 3 heterocycles. The number of thiophene rings is 1. The van der Waals surface area contributed by atoms with Crippen LogP contribution in [0.2, 0.25) is 0 Å². The summed E-state index contributed by atoms with van der Waals surface area (Å²) >= 11 is 2.72. The third-order valence-corrected chi connectivity index (χ3v) is 8.33. The third-order valence-electron chi connectivity index (χ3n) is 6.63. The number of hydrogen-bond donors (Lipinski definition) is 3. The monoisotopic (exact) mass is 543 g/mol. The largest absolute Gasteiger partial charge is 0.390 e. The van der Waals surface area contributed by atoms with Gasteiger partial charge in [-0.2, -0.15) is 0 Å². The smallest absolute Gasteiger partial charge is 0.263 e. The number of Topliss-reactive ketones (excluding diaryl/α,β-unsaturated/α-hetero) is 1. The highest BCUT2D eigenvalue weighted by Gasteiger charge is 2.20. The molecule has 0 fully saturated rings. The summed E-state index contributed by atoms with van der Waals surface area (Å²) in [5.74, 6) is 0.644. The number of carbonyl (C=O) groups excluding carboxylic acids is 2. The number of imidazole rings is 1. The highest BCUT2D eigenvalue weighted by molar-refractivity contribution is 7.14. The van der Waals surface area contributed by atoms with Crippen LogP contribution in [0.25, 0.3) is 22.0 Å². The predicted molar refractivity (Wildman–Crippen MR) is 155 cm³/mol. The number of hydrogen-bond acceptors (Lipinski definition) is 7. The maximum Gasteiger partial charge on any atom is 0.263 e. The number of fused-ring (bicyclic) bond motifs is 1.